The highest BCUT2D eigenvalue weighted by Gasteiger charge is 2.31. The number of benzene rings is 12. The van der Waals surface area contributed by atoms with E-state index in [1.165, 1.54) is 180 Å². The third-order valence-electron chi connectivity index (χ3n) is 17.5. The lowest BCUT2D eigenvalue weighted by molar-refractivity contribution is 0.590. The van der Waals surface area contributed by atoms with E-state index in [0.29, 0.717) is 0 Å². The zero-order valence-electron chi connectivity index (χ0n) is 43.4. The summed E-state index contributed by atoms with van der Waals surface area (Å²) in [6, 6.07) is 60.4. The second kappa shape index (κ2) is 13.7. The molecule has 0 saturated heterocycles. The van der Waals surface area contributed by atoms with E-state index in [0.717, 1.165) is 0 Å². The summed E-state index contributed by atoms with van der Waals surface area (Å²) in [4.78, 5) is 0. The molecule has 0 nitrogen and oxygen atoms in total. The molecule has 1 aliphatic carbocycles. The molecule has 0 radical (unpaired) electrons. The lowest BCUT2D eigenvalue weighted by Crippen LogP contribution is -2.12. The number of aryl methyl sites for hydroxylation is 2. The van der Waals surface area contributed by atoms with Crippen LogP contribution in [-0.4, -0.2) is 0 Å². The fourth-order valence-corrected chi connectivity index (χ4v) is 13.8. The Morgan fingerprint density at radius 3 is 1.11 bits per heavy atom. The Morgan fingerprint density at radius 1 is 0.236 bits per heavy atom. The molecule has 0 spiro atoms. The molecule has 0 aromatic heterocycles. The molecule has 0 atom stereocenters. The van der Waals surface area contributed by atoms with Crippen molar-refractivity contribution in [3.05, 3.63) is 179 Å². The van der Waals surface area contributed by atoms with Crippen LogP contribution in [0.1, 0.15) is 90.1 Å². The smallest absolute Gasteiger partial charge is 0.000730 e. The lowest BCUT2D eigenvalue weighted by Gasteiger charge is -2.22. The average Bonchev–Trinajstić information content (AvgIpc) is 3.97. The Morgan fingerprint density at radius 2 is 0.639 bits per heavy atom. The van der Waals surface area contributed by atoms with Gasteiger partial charge in [-0.3, -0.25) is 0 Å². The Kier molecular flexibility index (Phi) is 8.02. The summed E-state index contributed by atoms with van der Waals surface area (Å²) in [5.74, 6) is 0. The fourth-order valence-electron chi connectivity index (χ4n) is 13.8. The molecule has 0 heterocycles. The van der Waals surface area contributed by atoms with Crippen molar-refractivity contribution >= 4 is 108 Å². The quantitative estimate of drug-likeness (QED) is 0.120. The van der Waals surface area contributed by atoms with Crippen LogP contribution < -0.4 is 0 Å². The van der Waals surface area contributed by atoms with Gasteiger partial charge in [0.15, 0.2) is 0 Å². The predicted octanol–water partition coefficient (Wildman–Crippen LogP) is 21.0. The Labute approximate surface area is 421 Å². The molecule has 0 fully saturated rings. The van der Waals surface area contributed by atoms with Gasteiger partial charge in [0.05, 0.1) is 0 Å². The minimum absolute atomic E-state index is 0.00790. The zero-order chi connectivity index (χ0) is 49.2. The average molecular weight is 923 g/mol. The zero-order valence-corrected chi connectivity index (χ0v) is 43.4. The molecule has 14 aromatic carbocycles. The summed E-state index contributed by atoms with van der Waals surface area (Å²) in [6.45, 7) is 25.7. The normalized spacial score (nSPS) is 13.5. The number of rotatable bonds is 2. The molecule has 72 heavy (non-hydrogen) atoms. The molecular weight excluding hydrogens is 865 g/mol. The first kappa shape index (κ1) is 42.2. The van der Waals surface area contributed by atoms with Crippen LogP contribution in [0.5, 0.6) is 0 Å². The largest absolute Gasteiger partial charge is 0.0620 e. The first-order valence-electron chi connectivity index (χ1n) is 26.2. The van der Waals surface area contributed by atoms with Crippen LogP contribution in [0.25, 0.3) is 152 Å². The van der Waals surface area contributed by atoms with Crippen LogP contribution in [0.4, 0.5) is 0 Å². The molecule has 0 N–H and O–H groups in total. The van der Waals surface area contributed by atoms with Gasteiger partial charge < -0.3 is 0 Å². The third kappa shape index (κ3) is 5.38. The van der Waals surface area contributed by atoms with E-state index >= 15 is 0 Å². The van der Waals surface area contributed by atoms with E-state index in [1.54, 1.807) is 0 Å². The molecule has 0 amide bonds. The van der Waals surface area contributed by atoms with Gasteiger partial charge in [-0.25, -0.2) is 0 Å². The van der Waals surface area contributed by atoms with Crippen molar-refractivity contribution in [2.45, 2.75) is 92.4 Å². The van der Waals surface area contributed by atoms with E-state index in [4.69, 9.17) is 0 Å². The van der Waals surface area contributed by atoms with Crippen LogP contribution in [0.3, 0.4) is 0 Å². The summed E-state index contributed by atoms with van der Waals surface area (Å²) in [7, 11) is 0. The van der Waals surface area contributed by atoms with Crippen molar-refractivity contribution in [2.24, 2.45) is 0 Å². The van der Waals surface area contributed by atoms with Gasteiger partial charge in [-0.05, 0) is 240 Å². The highest BCUT2D eigenvalue weighted by atomic mass is 14.3. The first-order valence-corrected chi connectivity index (χ1v) is 26.2. The minimum Gasteiger partial charge on any atom is -0.0620 e. The van der Waals surface area contributed by atoms with Crippen molar-refractivity contribution < 1.29 is 0 Å². The van der Waals surface area contributed by atoms with E-state index in [2.05, 4.69) is 228 Å². The Bertz CT molecular complexity index is 4500. The third-order valence-corrected chi connectivity index (χ3v) is 17.5. The topological polar surface area (TPSA) is 0 Å². The van der Waals surface area contributed by atoms with Gasteiger partial charge in [0.2, 0.25) is 0 Å². The molecular formula is C72H58. The van der Waals surface area contributed by atoms with Gasteiger partial charge in [-0.15, -0.1) is 0 Å². The molecule has 0 bridgehead atoms. The first-order chi connectivity index (χ1) is 34.5. The predicted molar refractivity (Wildman–Crippen MR) is 316 cm³/mol. The molecule has 0 heteroatoms. The number of fused-ring (bicyclic) bond motifs is 12. The summed E-state index contributed by atoms with van der Waals surface area (Å²) in [5, 5.41) is 27.1. The van der Waals surface area contributed by atoms with Crippen molar-refractivity contribution in [2.75, 3.05) is 0 Å². The molecule has 346 valence electrons. The maximum absolute atomic E-state index is 2.62. The monoisotopic (exact) mass is 922 g/mol. The van der Waals surface area contributed by atoms with E-state index < -0.39 is 0 Å². The van der Waals surface area contributed by atoms with Gasteiger partial charge in [-0.2, -0.15) is 0 Å². The molecule has 14 aromatic rings. The molecule has 0 saturated carbocycles. The number of hydrogen-bond acceptors (Lipinski definition) is 0. The van der Waals surface area contributed by atoms with Gasteiger partial charge in [0.1, 0.15) is 0 Å². The maximum atomic E-state index is 2.62. The van der Waals surface area contributed by atoms with Gasteiger partial charge in [0, 0.05) is 0 Å². The molecule has 0 unspecified atom stereocenters. The van der Waals surface area contributed by atoms with Crippen LogP contribution in [0.2, 0.25) is 0 Å². The van der Waals surface area contributed by atoms with E-state index in [-0.39, 0.29) is 16.2 Å². The molecule has 0 aliphatic heterocycles. The lowest BCUT2D eigenvalue weighted by atomic mass is 9.82. The second-order valence-electron chi connectivity index (χ2n) is 24.9. The fraction of sp³-hybridized carbons (Fsp3) is 0.194. The van der Waals surface area contributed by atoms with E-state index in [1.807, 2.05) is 0 Å². The Hall–Kier alpha value is -7.54. The van der Waals surface area contributed by atoms with Gasteiger partial charge >= 0.3 is 0 Å². The van der Waals surface area contributed by atoms with Crippen LogP contribution in [0, 0.1) is 13.8 Å². The van der Waals surface area contributed by atoms with Gasteiger partial charge in [0.25, 0.3) is 0 Å². The summed E-state index contributed by atoms with van der Waals surface area (Å²) < 4.78 is 0. The van der Waals surface area contributed by atoms with Crippen molar-refractivity contribution in [1.29, 1.82) is 0 Å². The standard InChI is InChI=1S/C72H58/c1-37-16-12-14-18-43(37)62-59-35-55-56(58-34-42(72(9,10)11)31-39-30-41(71(6,7)8)33-57(55)61(39)58)36-60(59)63(44-19-15-13-17-38(44)2)69-53-29-27-50-48-24-25-51-54-32-40(70(3,4)5)20-21-45(54)46-22-23-47(65(48)64(46)51)49-26-28-52(68(62)69)67(53)66(49)50/h12-36H,1-11H3. The maximum Gasteiger partial charge on any atom is -0.000730 e. The van der Waals surface area contributed by atoms with Crippen LogP contribution >= 0.6 is 0 Å². The highest BCUT2D eigenvalue weighted by molar-refractivity contribution is 6.47. The number of hydrogen-bond donors (Lipinski definition) is 0. The molecule has 1 aliphatic rings. The van der Waals surface area contributed by atoms with Crippen LogP contribution in [0.15, 0.2) is 152 Å². The second-order valence-corrected chi connectivity index (χ2v) is 24.9. The summed E-state index contributed by atoms with van der Waals surface area (Å²) in [6.07, 6.45) is 0. The SMILES string of the molecule is Cc1ccccc1-c1c2cc3c(cc2c(-c2ccccc2C)c2c4ccc5c6ccc7c8c(ccc(c9ccc(c12)c4c95)c86)-c1ccc(C(C)(C)C)cc1-7)c1cc(C(C)(C)C)cc2cc(C(C)(C)C)cc3c21. The van der Waals surface area contributed by atoms with E-state index in [9.17, 15) is 0 Å². The molecule has 15 rings (SSSR count). The van der Waals surface area contributed by atoms with Crippen molar-refractivity contribution in [1.82, 2.24) is 0 Å². The summed E-state index contributed by atoms with van der Waals surface area (Å²) in [5.41, 5.74) is 17.5. The Balaban J connectivity index is 1.15. The van der Waals surface area contributed by atoms with Crippen LogP contribution in [-0.2, 0) is 16.2 Å². The summed E-state index contributed by atoms with van der Waals surface area (Å²) >= 11 is 0. The highest BCUT2D eigenvalue weighted by Crippen LogP contribution is 2.58. The van der Waals surface area contributed by atoms with Gasteiger partial charge in [-0.1, -0.05) is 184 Å². The van der Waals surface area contributed by atoms with Crippen molar-refractivity contribution in [3.63, 3.8) is 0 Å². The minimum atomic E-state index is -0.00790. The van der Waals surface area contributed by atoms with Crippen molar-refractivity contribution in [3.8, 4) is 44.5 Å².